The van der Waals surface area contributed by atoms with E-state index in [1.807, 2.05) is 30.0 Å². The predicted molar refractivity (Wildman–Crippen MR) is 171 cm³/mol. The minimum absolute atomic E-state index is 0.0620. The van der Waals surface area contributed by atoms with Crippen LogP contribution in [-0.4, -0.2) is 61.6 Å². The molecule has 2 aliphatic carbocycles. The highest BCUT2D eigenvalue weighted by Crippen LogP contribution is 2.54. The molecule has 8 heteroatoms. The van der Waals surface area contributed by atoms with E-state index in [-0.39, 0.29) is 17.3 Å². The molecule has 2 unspecified atom stereocenters. The third-order valence-corrected chi connectivity index (χ3v) is 9.57. The van der Waals surface area contributed by atoms with Crippen molar-refractivity contribution in [2.75, 3.05) is 55.5 Å². The number of thioether (sulfide) groups is 1. The molecule has 0 aromatic heterocycles. The van der Waals surface area contributed by atoms with E-state index in [0.717, 1.165) is 63.0 Å². The summed E-state index contributed by atoms with van der Waals surface area (Å²) in [6.07, 6.45) is 8.26. The average molecular weight is 605 g/mol. The van der Waals surface area contributed by atoms with E-state index in [1.54, 1.807) is 49.8 Å². The Morgan fingerprint density at radius 2 is 1.37 bits per heavy atom. The topological polar surface area (TPSA) is 64.6 Å². The monoisotopic (exact) mass is 604 g/mol. The summed E-state index contributed by atoms with van der Waals surface area (Å²) < 4.78 is 40.5. The average Bonchev–Trinajstić information content (AvgIpc) is 3.20. The highest BCUT2D eigenvalue weighted by molar-refractivity contribution is 7.99. The summed E-state index contributed by atoms with van der Waals surface area (Å²) in [5.74, 6) is 5.17. The maximum absolute atomic E-state index is 6.09. The molecule has 0 aliphatic heterocycles. The van der Waals surface area contributed by atoms with Gasteiger partial charge in [-0.1, -0.05) is 24.3 Å². The lowest BCUT2D eigenvalue weighted by Crippen LogP contribution is -2.10. The van der Waals surface area contributed by atoms with Crippen molar-refractivity contribution in [1.29, 1.82) is 0 Å². The normalized spacial score (nSPS) is 19.0. The Bertz CT molecular complexity index is 1510. The molecule has 0 spiro atoms. The van der Waals surface area contributed by atoms with Crippen LogP contribution < -0.4 is 28.4 Å². The van der Waals surface area contributed by atoms with E-state index in [9.17, 15) is 0 Å². The number of hydrogen-bond acceptors (Lipinski definition) is 8. The van der Waals surface area contributed by atoms with Gasteiger partial charge in [0.2, 0.25) is 0 Å². The van der Waals surface area contributed by atoms with E-state index in [1.165, 1.54) is 5.57 Å². The van der Waals surface area contributed by atoms with Crippen molar-refractivity contribution in [1.82, 2.24) is 0 Å². The first-order valence-corrected chi connectivity index (χ1v) is 15.3. The standard InChI is InChI=1S/C35H40O7S/c1-36-24-11-8-21(9-12-24)20-43-35-28-17-26(38-3)19-32(42-7)34(28)27(22-10-13-29(39-4)30(16-22)40-5)15-23-14-25(37-2)18-31(41-6)33(23)35/h8-11,13-14,16-19,24,27,35H,12,15,20H2,1-7H3/t24?,27-,35?/m1/s1. The fourth-order valence-electron chi connectivity index (χ4n) is 6.02. The van der Waals surface area contributed by atoms with Gasteiger partial charge in [0, 0.05) is 42.0 Å². The number of allylic oxidation sites excluding steroid dienone is 1. The minimum Gasteiger partial charge on any atom is -0.497 e. The number of rotatable bonds is 11. The highest BCUT2D eigenvalue weighted by atomic mass is 32.2. The van der Waals surface area contributed by atoms with Gasteiger partial charge in [-0.05, 0) is 59.4 Å². The second kappa shape index (κ2) is 13.7. The molecule has 7 nitrogen and oxygen atoms in total. The van der Waals surface area contributed by atoms with Gasteiger partial charge in [0.25, 0.3) is 0 Å². The van der Waals surface area contributed by atoms with Crippen molar-refractivity contribution in [3.8, 4) is 34.5 Å². The molecule has 0 saturated carbocycles. The second-order valence-electron chi connectivity index (χ2n) is 10.4. The quantitative estimate of drug-likeness (QED) is 0.229. The van der Waals surface area contributed by atoms with Crippen molar-refractivity contribution < 1.29 is 33.2 Å². The molecule has 0 heterocycles. The third kappa shape index (κ3) is 6.17. The van der Waals surface area contributed by atoms with E-state index in [2.05, 4.69) is 42.5 Å². The summed E-state index contributed by atoms with van der Waals surface area (Å²) in [4.78, 5) is 0. The number of methoxy groups -OCH3 is 7. The predicted octanol–water partition coefficient (Wildman–Crippen LogP) is 7.15. The Labute approximate surface area is 258 Å². The summed E-state index contributed by atoms with van der Waals surface area (Å²) in [6, 6.07) is 14.4. The number of ether oxygens (including phenoxy) is 7. The minimum atomic E-state index is -0.0746. The number of hydrogen-bond donors (Lipinski definition) is 0. The summed E-state index contributed by atoms with van der Waals surface area (Å²) in [6.45, 7) is 0. The van der Waals surface area contributed by atoms with Crippen molar-refractivity contribution in [3.63, 3.8) is 0 Å². The lowest BCUT2D eigenvalue weighted by molar-refractivity contribution is 0.142. The molecule has 0 N–H and O–H groups in total. The summed E-state index contributed by atoms with van der Waals surface area (Å²) in [7, 11) is 11.9. The maximum atomic E-state index is 6.09. The van der Waals surface area contributed by atoms with E-state index >= 15 is 0 Å². The van der Waals surface area contributed by atoms with Crippen molar-refractivity contribution in [2.45, 2.75) is 30.1 Å². The van der Waals surface area contributed by atoms with E-state index in [4.69, 9.17) is 33.2 Å². The van der Waals surface area contributed by atoms with Crippen LogP contribution in [0.1, 0.15) is 45.4 Å². The number of benzene rings is 3. The maximum Gasteiger partial charge on any atom is 0.161 e. The molecule has 228 valence electrons. The van der Waals surface area contributed by atoms with Gasteiger partial charge in [0.05, 0.1) is 54.0 Å². The van der Waals surface area contributed by atoms with Crippen LogP contribution in [-0.2, 0) is 11.2 Å². The van der Waals surface area contributed by atoms with Gasteiger partial charge < -0.3 is 33.2 Å². The van der Waals surface area contributed by atoms with Crippen LogP contribution in [0.5, 0.6) is 34.5 Å². The Balaban J connectivity index is 1.74. The van der Waals surface area contributed by atoms with Crippen LogP contribution in [0.25, 0.3) is 0 Å². The molecule has 0 fully saturated rings. The van der Waals surface area contributed by atoms with Crippen LogP contribution in [0, 0.1) is 0 Å². The highest BCUT2D eigenvalue weighted by Gasteiger charge is 2.36. The second-order valence-corrected chi connectivity index (χ2v) is 11.5. The first-order valence-electron chi connectivity index (χ1n) is 14.2. The molecular weight excluding hydrogens is 564 g/mol. The zero-order valence-corrected chi connectivity index (χ0v) is 26.7. The van der Waals surface area contributed by atoms with Gasteiger partial charge in [-0.3, -0.25) is 0 Å². The zero-order valence-electron chi connectivity index (χ0n) is 25.9. The van der Waals surface area contributed by atoms with Gasteiger partial charge >= 0.3 is 0 Å². The molecule has 3 atom stereocenters. The van der Waals surface area contributed by atoms with Crippen LogP contribution in [0.15, 0.2) is 66.3 Å². The molecule has 3 aromatic rings. The third-order valence-electron chi connectivity index (χ3n) is 8.24. The van der Waals surface area contributed by atoms with Crippen molar-refractivity contribution >= 4 is 11.8 Å². The van der Waals surface area contributed by atoms with Crippen LogP contribution in [0.3, 0.4) is 0 Å². The van der Waals surface area contributed by atoms with E-state index < -0.39 is 0 Å². The molecule has 2 aliphatic rings. The zero-order chi connectivity index (χ0) is 30.5. The lowest BCUT2D eigenvalue weighted by atomic mass is 9.84. The Morgan fingerprint density at radius 1 is 0.698 bits per heavy atom. The number of fused-ring (bicyclic) bond motifs is 2. The summed E-state index contributed by atoms with van der Waals surface area (Å²) >= 11 is 1.87. The molecule has 0 saturated heterocycles. The molecular formula is C35H40O7S. The molecule has 0 radical (unpaired) electrons. The molecule has 43 heavy (non-hydrogen) atoms. The Morgan fingerprint density at radius 3 is 1.98 bits per heavy atom. The van der Waals surface area contributed by atoms with E-state index in [0.29, 0.717) is 17.9 Å². The molecule has 0 bridgehead atoms. The van der Waals surface area contributed by atoms with Crippen molar-refractivity contribution in [3.05, 3.63) is 94.1 Å². The first kappa shape index (κ1) is 30.7. The fourth-order valence-corrected chi connectivity index (χ4v) is 7.40. The smallest absolute Gasteiger partial charge is 0.161 e. The van der Waals surface area contributed by atoms with Crippen LogP contribution >= 0.6 is 11.8 Å². The molecule has 3 aromatic carbocycles. The van der Waals surface area contributed by atoms with Gasteiger partial charge in [0.1, 0.15) is 23.0 Å². The van der Waals surface area contributed by atoms with Gasteiger partial charge in [-0.15, -0.1) is 11.8 Å². The Kier molecular flexibility index (Phi) is 9.78. The fraction of sp³-hybridized carbons (Fsp3) is 0.371. The summed E-state index contributed by atoms with van der Waals surface area (Å²) in [5, 5.41) is -0.0746. The van der Waals surface area contributed by atoms with Gasteiger partial charge in [-0.2, -0.15) is 0 Å². The van der Waals surface area contributed by atoms with Crippen LogP contribution in [0.2, 0.25) is 0 Å². The van der Waals surface area contributed by atoms with Gasteiger partial charge in [-0.25, -0.2) is 0 Å². The first-order chi connectivity index (χ1) is 21.0. The van der Waals surface area contributed by atoms with Crippen LogP contribution in [0.4, 0.5) is 0 Å². The molecule has 5 rings (SSSR count). The van der Waals surface area contributed by atoms with Crippen molar-refractivity contribution in [2.24, 2.45) is 0 Å². The summed E-state index contributed by atoms with van der Waals surface area (Å²) in [5.41, 5.74) is 6.87. The van der Waals surface area contributed by atoms with Gasteiger partial charge in [0.15, 0.2) is 11.5 Å². The lowest BCUT2D eigenvalue weighted by Gasteiger charge is -2.26. The largest absolute Gasteiger partial charge is 0.497 e. The molecule has 0 amide bonds. The SMILES string of the molecule is COc1cc2c(c(OC)c1)C(SCC1=CCC(OC)C=C1)c1cc(OC)cc(OC)c1[C@@H](c1ccc(OC)c(OC)c1)C2. The Hall–Kier alpha value is -3.75.